The van der Waals surface area contributed by atoms with Crippen molar-refractivity contribution in [3.8, 4) is 0 Å². The molecule has 0 saturated carbocycles. The van der Waals surface area contributed by atoms with E-state index < -0.39 is 0 Å². The minimum atomic E-state index is 0.965. The lowest BCUT2D eigenvalue weighted by Crippen LogP contribution is -2.26. The topological polar surface area (TPSA) is 24.1 Å². The van der Waals surface area contributed by atoms with Gasteiger partial charge in [0.15, 0.2) is 0 Å². The SMILES string of the molecule is CNC1=CC=C(C)CN1. The Morgan fingerprint density at radius 2 is 2.33 bits per heavy atom. The van der Waals surface area contributed by atoms with Gasteiger partial charge in [-0.25, -0.2) is 0 Å². The third-order valence-electron chi connectivity index (χ3n) is 1.36. The number of dihydropyridines is 1. The van der Waals surface area contributed by atoms with Crippen molar-refractivity contribution >= 4 is 0 Å². The van der Waals surface area contributed by atoms with Gasteiger partial charge in [0, 0.05) is 13.6 Å². The van der Waals surface area contributed by atoms with Crippen molar-refractivity contribution in [1.29, 1.82) is 0 Å². The summed E-state index contributed by atoms with van der Waals surface area (Å²) in [5, 5.41) is 6.23. The first-order chi connectivity index (χ1) is 4.33. The van der Waals surface area contributed by atoms with Crippen LogP contribution in [0.25, 0.3) is 0 Å². The average molecular weight is 124 g/mol. The van der Waals surface area contributed by atoms with Crippen LogP contribution in [0.3, 0.4) is 0 Å². The first-order valence-corrected chi connectivity index (χ1v) is 3.12. The third kappa shape index (κ3) is 1.49. The highest BCUT2D eigenvalue weighted by Gasteiger charge is 1.96. The van der Waals surface area contributed by atoms with Gasteiger partial charge in [-0.05, 0) is 13.0 Å². The van der Waals surface area contributed by atoms with Gasteiger partial charge in [0.25, 0.3) is 0 Å². The molecule has 2 nitrogen and oxygen atoms in total. The zero-order chi connectivity index (χ0) is 6.69. The van der Waals surface area contributed by atoms with E-state index in [0.717, 1.165) is 12.4 Å². The van der Waals surface area contributed by atoms with E-state index in [1.54, 1.807) is 0 Å². The summed E-state index contributed by atoms with van der Waals surface area (Å²) >= 11 is 0. The molecule has 1 rings (SSSR count). The summed E-state index contributed by atoms with van der Waals surface area (Å²) in [6, 6.07) is 0. The molecule has 0 aromatic rings. The molecule has 0 aromatic carbocycles. The molecule has 1 heterocycles. The first kappa shape index (κ1) is 6.20. The zero-order valence-corrected chi connectivity index (χ0v) is 5.86. The number of hydrogen-bond acceptors (Lipinski definition) is 2. The van der Waals surface area contributed by atoms with Gasteiger partial charge in [-0.15, -0.1) is 0 Å². The zero-order valence-electron chi connectivity index (χ0n) is 5.86. The van der Waals surface area contributed by atoms with E-state index in [-0.39, 0.29) is 0 Å². The maximum absolute atomic E-state index is 3.20. The molecule has 0 radical (unpaired) electrons. The summed E-state index contributed by atoms with van der Waals surface area (Å²) in [5.41, 5.74) is 1.37. The van der Waals surface area contributed by atoms with Gasteiger partial charge in [-0.1, -0.05) is 11.6 Å². The molecule has 0 aliphatic carbocycles. The monoisotopic (exact) mass is 124 g/mol. The van der Waals surface area contributed by atoms with Crippen molar-refractivity contribution in [2.24, 2.45) is 0 Å². The highest BCUT2D eigenvalue weighted by Crippen LogP contribution is 1.98. The maximum Gasteiger partial charge on any atom is 0.0986 e. The van der Waals surface area contributed by atoms with Crippen molar-refractivity contribution in [3.63, 3.8) is 0 Å². The summed E-state index contributed by atoms with van der Waals surface area (Å²) < 4.78 is 0. The second-order valence-electron chi connectivity index (χ2n) is 2.20. The highest BCUT2D eigenvalue weighted by molar-refractivity contribution is 5.21. The van der Waals surface area contributed by atoms with Crippen molar-refractivity contribution in [3.05, 3.63) is 23.5 Å². The van der Waals surface area contributed by atoms with E-state index in [9.17, 15) is 0 Å². The molecule has 2 N–H and O–H groups in total. The predicted octanol–water partition coefficient (Wildman–Crippen LogP) is 0.597. The molecule has 50 valence electrons. The van der Waals surface area contributed by atoms with Crippen LogP contribution in [0.5, 0.6) is 0 Å². The smallest absolute Gasteiger partial charge is 0.0986 e. The lowest BCUT2D eigenvalue weighted by molar-refractivity contribution is 0.764. The molecule has 0 spiro atoms. The van der Waals surface area contributed by atoms with E-state index in [0.29, 0.717) is 0 Å². The Bertz CT molecular complexity index is 156. The quantitative estimate of drug-likeness (QED) is 0.535. The predicted molar refractivity (Wildman–Crippen MR) is 38.9 cm³/mol. The molecular formula is C7H12N2. The molecule has 0 fully saturated rings. The van der Waals surface area contributed by atoms with Crippen molar-refractivity contribution in [1.82, 2.24) is 10.6 Å². The minimum Gasteiger partial charge on any atom is -0.375 e. The first-order valence-electron chi connectivity index (χ1n) is 3.12. The van der Waals surface area contributed by atoms with Crippen LogP contribution in [0.2, 0.25) is 0 Å². The van der Waals surface area contributed by atoms with E-state index in [1.807, 2.05) is 13.1 Å². The molecule has 0 saturated heterocycles. The molecule has 1 aliphatic rings. The van der Waals surface area contributed by atoms with Gasteiger partial charge in [-0.2, -0.15) is 0 Å². The normalized spacial score (nSPS) is 17.6. The van der Waals surface area contributed by atoms with E-state index in [1.165, 1.54) is 5.57 Å². The summed E-state index contributed by atoms with van der Waals surface area (Å²) in [6.07, 6.45) is 4.15. The molecular weight excluding hydrogens is 112 g/mol. The highest BCUT2D eigenvalue weighted by atomic mass is 15.1. The van der Waals surface area contributed by atoms with Crippen molar-refractivity contribution in [2.75, 3.05) is 13.6 Å². The minimum absolute atomic E-state index is 0.965. The number of allylic oxidation sites excluding steroid dienone is 2. The molecule has 0 unspecified atom stereocenters. The van der Waals surface area contributed by atoms with Crippen LogP contribution in [-0.2, 0) is 0 Å². The van der Waals surface area contributed by atoms with Crippen LogP contribution in [-0.4, -0.2) is 13.6 Å². The summed E-state index contributed by atoms with van der Waals surface area (Å²) in [6.45, 7) is 3.07. The second-order valence-corrected chi connectivity index (χ2v) is 2.20. The van der Waals surface area contributed by atoms with Crippen LogP contribution in [0.1, 0.15) is 6.92 Å². The standard InChI is InChI=1S/C7H12N2/c1-6-3-4-7(8-2)9-5-6/h3-4,8-9H,5H2,1-2H3. The fourth-order valence-corrected chi connectivity index (χ4v) is 0.750. The Hall–Kier alpha value is -0.920. The van der Waals surface area contributed by atoms with Crippen LogP contribution < -0.4 is 10.6 Å². The lowest BCUT2D eigenvalue weighted by Gasteiger charge is -2.13. The van der Waals surface area contributed by atoms with Gasteiger partial charge in [-0.3, -0.25) is 0 Å². The van der Waals surface area contributed by atoms with E-state index in [4.69, 9.17) is 0 Å². The van der Waals surface area contributed by atoms with E-state index >= 15 is 0 Å². The molecule has 0 aromatic heterocycles. The fourth-order valence-electron chi connectivity index (χ4n) is 0.750. The molecule has 1 aliphatic heterocycles. The third-order valence-corrected chi connectivity index (χ3v) is 1.36. The molecule has 0 atom stereocenters. The lowest BCUT2D eigenvalue weighted by atomic mass is 10.2. The number of hydrogen-bond donors (Lipinski definition) is 2. The van der Waals surface area contributed by atoms with Crippen LogP contribution in [0.4, 0.5) is 0 Å². The number of rotatable bonds is 1. The average Bonchev–Trinajstić information content (AvgIpc) is 1.90. The van der Waals surface area contributed by atoms with Crippen LogP contribution in [0, 0.1) is 0 Å². The van der Waals surface area contributed by atoms with Gasteiger partial charge in [0.1, 0.15) is 0 Å². The Balaban J connectivity index is 2.59. The Kier molecular flexibility index (Phi) is 1.78. The second kappa shape index (κ2) is 2.58. The van der Waals surface area contributed by atoms with E-state index in [2.05, 4.69) is 23.6 Å². The Labute approximate surface area is 55.6 Å². The number of nitrogens with one attached hydrogen (secondary N) is 2. The Morgan fingerprint density at radius 3 is 2.78 bits per heavy atom. The van der Waals surface area contributed by atoms with Crippen molar-refractivity contribution < 1.29 is 0 Å². The fraction of sp³-hybridized carbons (Fsp3) is 0.429. The summed E-state index contributed by atoms with van der Waals surface area (Å²) in [7, 11) is 1.91. The summed E-state index contributed by atoms with van der Waals surface area (Å²) in [5.74, 6) is 1.10. The van der Waals surface area contributed by atoms with Gasteiger partial charge in [0.05, 0.1) is 5.82 Å². The van der Waals surface area contributed by atoms with Gasteiger partial charge < -0.3 is 10.6 Å². The Morgan fingerprint density at radius 1 is 1.56 bits per heavy atom. The van der Waals surface area contributed by atoms with Crippen LogP contribution >= 0.6 is 0 Å². The van der Waals surface area contributed by atoms with Gasteiger partial charge in [0.2, 0.25) is 0 Å². The van der Waals surface area contributed by atoms with Gasteiger partial charge >= 0.3 is 0 Å². The largest absolute Gasteiger partial charge is 0.375 e. The molecule has 2 heteroatoms. The summed E-state index contributed by atoms with van der Waals surface area (Å²) in [4.78, 5) is 0. The molecule has 9 heavy (non-hydrogen) atoms. The maximum atomic E-state index is 3.20. The van der Waals surface area contributed by atoms with Crippen molar-refractivity contribution in [2.45, 2.75) is 6.92 Å². The molecule has 0 bridgehead atoms. The van der Waals surface area contributed by atoms with Crippen LogP contribution in [0.15, 0.2) is 23.5 Å². The molecule has 0 amide bonds.